The van der Waals surface area contributed by atoms with Crippen LogP contribution in [0, 0.1) is 5.82 Å². The van der Waals surface area contributed by atoms with Gasteiger partial charge in [0.25, 0.3) is 12.0 Å². The first kappa shape index (κ1) is 23.3. The number of halogens is 3. The van der Waals surface area contributed by atoms with Gasteiger partial charge in [-0.3, -0.25) is 13.6 Å². The van der Waals surface area contributed by atoms with Crippen LogP contribution in [-0.2, 0) is 16.6 Å². The van der Waals surface area contributed by atoms with Crippen molar-refractivity contribution in [1.29, 1.82) is 0 Å². The monoisotopic (exact) mass is 478 g/mol. The number of nitrogens with one attached hydrogen (secondary N) is 1. The first-order chi connectivity index (χ1) is 15.6. The molecule has 1 aromatic carbocycles. The highest BCUT2D eigenvalue weighted by Gasteiger charge is 2.26. The largest absolute Gasteiger partial charge is 0.363 e. The summed E-state index contributed by atoms with van der Waals surface area (Å²) in [6.45, 7) is 1.65. The van der Waals surface area contributed by atoms with E-state index in [1.54, 1.807) is 20.0 Å². The number of aryl methyl sites for hydroxylation is 1. The molecule has 10 heteroatoms. The molecule has 1 saturated heterocycles. The van der Waals surface area contributed by atoms with Crippen molar-refractivity contribution in [3.63, 3.8) is 0 Å². The smallest absolute Gasteiger partial charge is 0.266 e. The molecule has 1 fully saturated rings. The van der Waals surface area contributed by atoms with Crippen LogP contribution in [0.1, 0.15) is 54.8 Å². The molecule has 4 rings (SSSR count). The summed E-state index contributed by atoms with van der Waals surface area (Å²) in [5, 5.41) is 3.65. The van der Waals surface area contributed by atoms with Gasteiger partial charge in [0.15, 0.2) is 0 Å². The number of anilines is 1. The molecule has 1 N–H and O–H groups in total. The normalized spacial score (nSPS) is 21.9. The van der Waals surface area contributed by atoms with Gasteiger partial charge in [0.1, 0.15) is 23.6 Å². The number of fused-ring (bicyclic) bond motifs is 1. The molecule has 1 aliphatic rings. The zero-order valence-corrected chi connectivity index (χ0v) is 19.2. The predicted molar refractivity (Wildman–Crippen MR) is 125 cm³/mol. The average molecular weight is 479 g/mol. The summed E-state index contributed by atoms with van der Waals surface area (Å²) in [5.74, 6) is 4.06. The molecule has 33 heavy (non-hydrogen) atoms. The van der Waals surface area contributed by atoms with Gasteiger partial charge in [0.2, 0.25) is 0 Å². The number of benzene rings is 1. The van der Waals surface area contributed by atoms with E-state index in [2.05, 4.69) is 21.2 Å². The van der Waals surface area contributed by atoms with Gasteiger partial charge in [-0.2, -0.15) is 0 Å². The lowest BCUT2D eigenvalue weighted by atomic mass is 9.94. The summed E-state index contributed by atoms with van der Waals surface area (Å²) in [6.07, 6.45) is -0.429. The molecule has 176 valence electrons. The Morgan fingerprint density at radius 3 is 2.55 bits per heavy atom. The third-order valence-electron chi connectivity index (χ3n) is 6.26. The van der Waals surface area contributed by atoms with Gasteiger partial charge < -0.3 is 5.32 Å². The van der Waals surface area contributed by atoms with Gasteiger partial charge in [0.05, 0.1) is 17.0 Å². The van der Waals surface area contributed by atoms with Crippen LogP contribution >= 0.6 is 0 Å². The molecule has 0 radical (unpaired) electrons. The molecule has 2 aromatic heterocycles. The molecule has 0 bridgehead atoms. The molecular formula is C23H25F3N4O2S. The number of rotatable bonds is 5. The molecule has 1 atom stereocenters. The van der Waals surface area contributed by atoms with Crippen molar-refractivity contribution in [3.05, 3.63) is 63.5 Å². The van der Waals surface area contributed by atoms with E-state index in [9.17, 15) is 22.2 Å². The summed E-state index contributed by atoms with van der Waals surface area (Å²) in [4.78, 5) is 21.5. The Hall–Kier alpha value is -2.88. The molecule has 0 saturated carbocycles. The van der Waals surface area contributed by atoms with Crippen molar-refractivity contribution >= 4 is 32.2 Å². The lowest BCUT2D eigenvalue weighted by Crippen LogP contribution is -2.29. The third kappa shape index (κ3) is 4.48. The molecule has 1 aliphatic heterocycles. The van der Waals surface area contributed by atoms with Crippen molar-refractivity contribution in [2.45, 2.75) is 38.2 Å². The van der Waals surface area contributed by atoms with Crippen molar-refractivity contribution < 1.29 is 17.4 Å². The number of alkyl halides is 2. The van der Waals surface area contributed by atoms with Crippen molar-refractivity contribution in [2.24, 2.45) is 7.05 Å². The molecule has 0 amide bonds. The Morgan fingerprint density at radius 2 is 1.88 bits per heavy atom. The lowest BCUT2D eigenvalue weighted by molar-refractivity contribution is 0.146. The Kier molecular flexibility index (Phi) is 6.22. The first-order valence-electron chi connectivity index (χ1n) is 10.6. The van der Waals surface area contributed by atoms with E-state index in [1.807, 2.05) is 0 Å². The summed E-state index contributed by atoms with van der Waals surface area (Å²) < 4.78 is 54.6. The van der Waals surface area contributed by atoms with Crippen LogP contribution in [0.3, 0.4) is 0 Å². The van der Waals surface area contributed by atoms with Gasteiger partial charge >= 0.3 is 0 Å². The Balaban J connectivity index is 1.74. The zero-order valence-electron chi connectivity index (χ0n) is 18.4. The zero-order chi connectivity index (χ0) is 23.9. The summed E-state index contributed by atoms with van der Waals surface area (Å²) in [5.41, 5.74) is 0.224. The van der Waals surface area contributed by atoms with E-state index < -0.39 is 33.4 Å². The third-order valence-corrected chi connectivity index (χ3v) is 8.22. The number of aromatic nitrogens is 3. The molecule has 0 aliphatic carbocycles. The highest BCUT2D eigenvalue weighted by molar-refractivity contribution is 8.00. The average Bonchev–Trinajstić information content (AvgIpc) is 2.76. The standard InChI is InChI=1S/C23H25F3N4O2S/c1-13(15-5-4-6-16(19(15)24)20(25)26)29-21-18-11-17(14-7-9-33(3,32)10-8-14)23(31)30(2)22(18)28-12-27-21/h4-6,11-14,20H,3,7-10H2,1-2H3,(H,27,28,29)/t13-,14?,33?/m1/s1. The van der Waals surface area contributed by atoms with Gasteiger partial charge in [0, 0.05) is 29.7 Å². The van der Waals surface area contributed by atoms with Crippen LogP contribution in [0.5, 0.6) is 0 Å². The Morgan fingerprint density at radius 1 is 1.21 bits per heavy atom. The molecular weight excluding hydrogens is 453 g/mol. The molecule has 0 unspecified atom stereocenters. The van der Waals surface area contributed by atoms with Crippen LogP contribution in [0.15, 0.2) is 35.4 Å². The molecule has 0 spiro atoms. The maximum Gasteiger partial charge on any atom is 0.266 e. The van der Waals surface area contributed by atoms with E-state index in [0.29, 0.717) is 46.8 Å². The fraction of sp³-hybridized carbons (Fsp3) is 0.391. The maximum absolute atomic E-state index is 14.7. The fourth-order valence-electron chi connectivity index (χ4n) is 4.33. The maximum atomic E-state index is 14.7. The number of pyridine rings is 1. The van der Waals surface area contributed by atoms with E-state index >= 15 is 0 Å². The molecule has 3 heterocycles. The van der Waals surface area contributed by atoms with Crippen LogP contribution in [0.2, 0.25) is 0 Å². The van der Waals surface area contributed by atoms with Crippen LogP contribution in [-0.4, -0.2) is 36.1 Å². The quantitative estimate of drug-likeness (QED) is 0.557. The minimum Gasteiger partial charge on any atom is -0.363 e. The topological polar surface area (TPSA) is 76.9 Å². The van der Waals surface area contributed by atoms with Gasteiger partial charge in [-0.15, -0.1) is 0 Å². The number of hydrogen-bond donors (Lipinski definition) is 1. The summed E-state index contributed by atoms with van der Waals surface area (Å²) in [6, 6.07) is 4.96. The Labute approximate surface area is 189 Å². The highest BCUT2D eigenvalue weighted by atomic mass is 32.2. The SMILES string of the molecule is C=S1(=O)CCC(c2cc3c(N[C@H](C)c4cccc(C(F)F)c4F)ncnc3n(C)c2=O)CC1. The summed E-state index contributed by atoms with van der Waals surface area (Å²) in [7, 11) is -0.474. The van der Waals surface area contributed by atoms with E-state index in [1.165, 1.54) is 23.0 Å². The van der Waals surface area contributed by atoms with Crippen LogP contribution < -0.4 is 10.9 Å². The van der Waals surface area contributed by atoms with Gasteiger partial charge in [-0.05, 0) is 47.1 Å². The Bertz CT molecular complexity index is 1360. The number of hydrogen-bond acceptors (Lipinski definition) is 5. The van der Waals surface area contributed by atoms with E-state index in [4.69, 9.17) is 0 Å². The van der Waals surface area contributed by atoms with Crippen LogP contribution in [0.25, 0.3) is 11.0 Å². The van der Waals surface area contributed by atoms with E-state index in [0.717, 1.165) is 6.07 Å². The van der Waals surface area contributed by atoms with Crippen molar-refractivity contribution in [2.75, 3.05) is 16.8 Å². The lowest BCUT2D eigenvalue weighted by Gasteiger charge is -2.25. The highest BCUT2D eigenvalue weighted by Crippen LogP contribution is 2.32. The first-order valence-corrected chi connectivity index (χ1v) is 12.7. The minimum atomic E-state index is -2.92. The van der Waals surface area contributed by atoms with Gasteiger partial charge in [-0.1, -0.05) is 18.2 Å². The molecule has 6 nitrogen and oxygen atoms in total. The second kappa shape index (κ2) is 8.81. The predicted octanol–water partition coefficient (Wildman–Crippen LogP) is 4.17. The second-order valence-electron chi connectivity index (χ2n) is 8.49. The van der Waals surface area contributed by atoms with E-state index in [-0.39, 0.29) is 17.0 Å². The van der Waals surface area contributed by atoms with Crippen molar-refractivity contribution in [3.8, 4) is 0 Å². The number of nitrogens with zero attached hydrogens (tertiary/aromatic N) is 3. The van der Waals surface area contributed by atoms with Crippen LogP contribution in [0.4, 0.5) is 19.0 Å². The molecule has 3 aromatic rings. The van der Waals surface area contributed by atoms with Crippen molar-refractivity contribution in [1.82, 2.24) is 14.5 Å². The minimum absolute atomic E-state index is 0.0601. The van der Waals surface area contributed by atoms with Gasteiger partial charge in [-0.25, -0.2) is 23.1 Å². The fourth-order valence-corrected chi connectivity index (χ4v) is 5.96. The summed E-state index contributed by atoms with van der Waals surface area (Å²) >= 11 is 0. The second-order valence-corrected chi connectivity index (χ2v) is 11.2.